The van der Waals surface area contributed by atoms with E-state index in [-0.39, 0.29) is 11.3 Å². The smallest absolute Gasteiger partial charge is 0.279 e. The molecule has 0 aliphatic rings. The van der Waals surface area contributed by atoms with Crippen LogP contribution in [0.1, 0.15) is 5.56 Å². The molecule has 0 saturated carbocycles. The molecule has 0 saturated heterocycles. The van der Waals surface area contributed by atoms with Gasteiger partial charge in [0, 0.05) is 23.4 Å². The largest absolute Gasteiger partial charge is 0.326 e. The fraction of sp³-hybridized carbons (Fsp3) is 0.0714. The summed E-state index contributed by atoms with van der Waals surface area (Å²) in [6.07, 6.45) is -0.465. The molecule has 8 nitrogen and oxygen atoms in total. The van der Waals surface area contributed by atoms with Crippen LogP contribution in [0.5, 0.6) is 0 Å². The molecule has 2 aromatic rings. The number of anilines is 1. The van der Waals surface area contributed by atoms with Crippen molar-refractivity contribution in [3.05, 3.63) is 73.8 Å². The number of nitrogens with one attached hydrogen (secondary N) is 1. The first-order valence-corrected chi connectivity index (χ1v) is 6.44. The van der Waals surface area contributed by atoms with Crippen LogP contribution in [-0.4, -0.2) is 15.8 Å². The van der Waals surface area contributed by atoms with Gasteiger partial charge in [-0.15, -0.1) is 0 Å². The highest BCUT2D eigenvalue weighted by Crippen LogP contribution is 2.25. The van der Waals surface area contributed by atoms with Gasteiger partial charge in [-0.25, -0.2) is 8.78 Å². The van der Waals surface area contributed by atoms with E-state index in [2.05, 4.69) is 5.32 Å². The second kappa shape index (κ2) is 6.77. The molecule has 0 radical (unpaired) electrons. The van der Waals surface area contributed by atoms with E-state index in [1.165, 1.54) is 0 Å². The van der Waals surface area contributed by atoms with Crippen LogP contribution >= 0.6 is 0 Å². The highest BCUT2D eigenvalue weighted by atomic mass is 19.2. The van der Waals surface area contributed by atoms with Crippen LogP contribution in [0.4, 0.5) is 25.8 Å². The molecule has 0 atom stereocenters. The molecule has 2 rings (SSSR count). The molecule has 0 heterocycles. The molecule has 10 heteroatoms. The predicted octanol–water partition coefficient (Wildman–Crippen LogP) is 2.96. The lowest BCUT2D eigenvalue weighted by Gasteiger charge is -2.06. The predicted molar refractivity (Wildman–Crippen MR) is 78.4 cm³/mol. The van der Waals surface area contributed by atoms with Crippen molar-refractivity contribution < 1.29 is 23.4 Å². The summed E-state index contributed by atoms with van der Waals surface area (Å²) in [5.74, 6) is -2.97. The summed E-state index contributed by atoms with van der Waals surface area (Å²) in [7, 11) is 0. The number of nitro benzene ring substituents is 2. The summed E-state index contributed by atoms with van der Waals surface area (Å²) < 4.78 is 25.9. The number of nitro groups is 2. The Kier molecular flexibility index (Phi) is 4.78. The minimum atomic E-state index is -1.16. The van der Waals surface area contributed by atoms with E-state index in [1.807, 2.05) is 0 Å². The van der Waals surface area contributed by atoms with Crippen molar-refractivity contribution in [2.45, 2.75) is 6.42 Å². The van der Waals surface area contributed by atoms with Gasteiger partial charge >= 0.3 is 0 Å². The van der Waals surface area contributed by atoms with Crippen LogP contribution < -0.4 is 5.32 Å². The van der Waals surface area contributed by atoms with Gasteiger partial charge < -0.3 is 5.32 Å². The Morgan fingerprint density at radius 1 is 1.00 bits per heavy atom. The SMILES string of the molecule is O=C(Cc1ccc([N+](=O)[O-])cc1[N+](=O)[O-])Nc1ccc(F)c(F)c1. The Labute approximate surface area is 133 Å². The highest BCUT2D eigenvalue weighted by molar-refractivity contribution is 5.92. The molecule has 1 amide bonds. The van der Waals surface area contributed by atoms with Crippen LogP contribution in [-0.2, 0) is 11.2 Å². The Balaban J connectivity index is 2.20. The quantitative estimate of drug-likeness (QED) is 0.665. The van der Waals surface area contributed by atoms with Crippen LogP contribution in [0.25, 0.3) is 0 Å². The molecule has 0 aromatic heterocycles. The van der Waals surface area contributed by atoms with E-state index in [4.69, 9.17) is 0 Å². The van der Waals surface area contributed by atoms with E-state index in [1.54, 1.807) is 0 Å². The van der Waals surface area contributed by atoms with Crippen molar-refractivity contribution in [2.24, 2.45) is 0 Å². The Morgan fingerprint density at radius 3 is 2.29 bits per heavy atom. The first-order chi connectivity index (χ1) is 11.3. The summed E-state index contributed by atoms with van der Waals surface area (Å²) in [6, 6.07) is 5.59. The highest BCUT2D eigenvalue weighted by Gasteiger charge is 2.21. The maximum atomic E-state index is 13.1. The zero-order valence-electron chi connectivity index (χ0n) is 11.9. The third-order valence-corrected chi connectivity index (χ3v) is 3.03. The van der Waals surface area contributed by atoms with Crippen LogP contribution in [0.15, 0.2) is 36.4 Å². The lowest BCUT2D eigenvalue weighted by atomic mass is 10.1. The van der Waals surface area contributed by atoms with Gasteiger partial charge in [-0.3, -0.25) is 25.0 Å². The van der Waals surface area contributed by atoms with Gasteiger partial charge in [-0.05, 0) is 18.2 Å². The van der Waals surface area contributed by atoms with E-state index in [0.29, 0.717) is 0 Å². The molecule has 0 unspecified atom stereocenters. The molecule has 2 aromatic carbocycles. The minimum Gasteiger partial charge on any atom is -0.326 e. The zero-order chi connectivity index (χ0) is 17.9. The first-order valence-electron chi connectivity index (χ1n) is 6.44. The Morgan fingerprint density at radius 2 is 1.71 bits per heavy atom. The maximum absolute atomic E-state index is 13.1. The van der Waals surface area contributed by atoms with Gasteiger partial charge in [0.2, 0.25) is 5.91 Å². The van der Waals surface area contributed by atoms with Gasteiger partial charge in [-0.2, -0.15) is 0 Å². The summed E-state index contributed by atoms with van der Waals surface area (Å²) in [6.45, 7) is 0. The molecule has 24 heavy (non-hydrogen) atoms. The van der Waals surface area contributed by atoms with Gasteiger partial charge in [-0.1, -0.05) is 0 Å². The molecule has 0 aliphatic carbocycles. The summed E-state index contributed by atoms with van der Waals surface area (Å²) >= 11 is 0. The number of rotatable bonds is 5. The van der Waals surface area contributed by atoms with Crippen molar-refractivity contribution in [2.75, 3.05) is 5.32 Å². The van der Waals surface area contributed by atoms with Crippen LogP contribution in [0.2, 0.25) is 0 Å². The molecular weight excluding hydrogens is 328 g/mol. The van der Waals surface area contributed by atoms with E-state index in [0.717, 1.165) is 36.4 Å². The number of hydrogen-bond donors (Lipinski definition) is 1. The average Bonchev–Trinajstić information content (AvgIpc) is 2.50. The third-order valence-electron chi connectivity index (χ3n) is 3.03. The van der Waals surface area contributed by atoms with E-state index < -0.39 is 45.2 Å². The molecule has 0 spiro atoms. The summed E-state index contributed by atoms with van der Waals surface area (Å²) in [5, 5.41) is 23.9. The van der Waals surface area contributed by atoms with Gasteiger partial charge in [0.15, 0.2) is 11.6 Å². The van der Waals surface area contributed by atoms with Crippen molar-refractivity contribution >= 4 is 23.0 Å². The number of nitrogens with zero attached hydrogens (tertiary/aromatic N) is 2. The van der Waals surface area contributed by atoms with Gasteiger partial charge in [0.25, 0.3) is 11.4 Å². The lowest BCUT2D eigenvalue weighted by Crippen LogP contribution is -2.15. The monoisotopic (exact) mass is 337 g/mol. The topological polar surface area (TPSA) is 115 Å². The number of carbonyl (C=O) groups is 1. The molecule has 0 fully saturated rings. The normalized spacial score (nSPS) is 10.2. The fourth-order valence-corrected chi connectivity index (χ4v) is 1.94. The van der Waals surface area contributed by atoms with E-state index in [9.17, 15) is 33.8 Å². The number of hydrogen-bond acceptors (Lipinski definition) is 5. The van der Waals surface area contributed by atoms with Crippen LogP contribution in [0, 0.1) is 31.9 Å². The first kappa shape index (κ1) is 16.9. The standard InChI is InChI=1S/C14H9F2N3O5/c15-11-4-2-9(6-12(11)16)17-14(20)5-8-1-3-10(18(21)22)7-13(8)19(23)24/h1-4,6-7H,5H2,(H,17,20). The molecule has 0 bridgehead atoms. The molecule has 124 valence electrons. The molecule has 1 N–H and O–H groups in total. The number of benzene rings is 2. The lowest BCUT2D eigenvalue weighted by molar-refractivity contribution is -0.394. The average molecular weight is 337 g/mol. The second-order valence-electron chi connectivity index (χ2n) is 4.68. The summed E-state index contributed by atoms with van der Waals surface area (Å²) in [4.78, 5) is 31.9. The van der Waals surface area contributed by atoms with Crippen molar-refractivity contribution in [3.63, 3.8) is 0 Å². The number of amides is 1. The van der Waals surface area contributed by atoms with Gasteiger partial charge in [0.1, 0.15) is 0 Å². The summed E-state index contributed by atoms with van der Waals surface area (Å²) in [5.41, 5.74) is -1.13. The molecule has 0 aliphatic heterocycles. The number of carbonyl (C=O) groups excluding carboxylic acids is 1. The van der Waals surface area contributed by atoms with Crippen LogP contribution in [0.3, 0.4) is 0 Å². The van der Waals surface area contributed by atoms with Gasteiger partial charge in [0.05, 0.1) is 22.3 Å². The fourth-order valence-electron chi connectivity index (χ4n) is 1.94. The zero-order valence-corrected chi connectivity index (χ0v) is 11.9. The van der Waals surface area contributed by atoms with Crippen molar-refractivity contribution in [3.8, 4) is 0 Å². The number of halogens is 2. The second-order valence-corrected chi connectivity index (χ2v) is 4.68. The maximum Gasteiger partial charge on any atom is 0.279 e. The van der Waals surface area contributed by atoms with E-state index >= 15 is 0 Å². The van der Waals surface area contributed by atoms with Crippen molar-refractivity contribution in [1.82, 2.24) is 0 Å². The Hall–Kier alpha value is -3.43. The minimum absolute atomic E-state index is 0.0246. The van der Waals surface area contributed by atoms with Crippen molar-refractivity contribution in [1.29, 1.82) is 0 Å². The number of non-ortho nitro benzene ring substituents is 1. The molecular formula is C14H9F2N3O5. The third kappa shape index (κ3) is 3.85. The Bertz CT molecular complexity index is 841.